The Balaban J connectivity index is 1.41. The summed E-state index contributed by atoms with van der Waals surface area (Å²) in [5, 5.41) is 18.0. The largest absolute Gasteiger partial charge is 0.458 e. The highest BCUT2D eigenvalue weighted by Crippen LogP contribution is 2.27. The van der Waals surface area contributed by atoms with Crippen LogP contribution in [0.1, 0.15) is 21.5 Å². The molecule has 1 aromatic carbocycles. The van der Waals surface area contributed by atoms with E-state index in [9.17, 15) is 9.90 Å². The predicted molar refractivity (Wildman–Crippen MR) is 101 cm³/mol. The van der Waals surface area contributed by atoms with Crippen LogP contribution in [0, 0.1) is 0 Å². The number of thiophene rings is 2. The van der Waals surface area contributed by atoms with Crippen molar-refractivity contribution in [2.24, 2.45) is 0 Å². The lowest BCUT2D eigenvalue weighted by molar-refractivity contribution is 0.0906. The van der Waals surface area contributed by atoms with Crippen molar-refractivity contribution in [2.75, 3.05) is 6.54 Å². The molecule has 126 valence electrons. The third-order valence-electron chi connectivity index (χ3n) is 3.87. The maximum absolute atomic E-state index is 12.3. The van der Waals surface area contributed by atoms with Crippen LogP contribution in [0.3, 0.4) is 0 Å². The first-order valence-corrected chi connectivity index (χ1v) is 9.54. The van der Waals surface area contributed by atoms with E-state index in [0.717, 1.165) is 15.6 Å². The van der Waals surface area contributed by atoms with E-state index in [-0.39, 0.29) is 12.5 Å². The number of rotatable bonds is 5. The number of furan rings is 1. The molecule has 4 rings (SSSR count). The van der Waals surface area contributed by atoms with Crippen LogP contribution in [0.2, 0.25) is 0 Å². The van der Waals surface area contributed by atoms with Gasteiger partial charge in [-0.3, -0.25) is 4.79 Å². The molecular formula is C19H15NO3S2. The van der Waals surface area contributed by atoms with Crippen LogP contribution in [0.25, 0.3) is 21.4 Å². The summed E-state index contributed by atoms with van der Waals surface area (Å²) in [6, 6.07) is 15.3. The van der Waals surface area contributed by atoms with Gasteiger partial charge in [-0.25, -0.2) is 0 Å². The van der Waals surface area contributed by atoms with Crippen LogP contribution in [0.15, 0.2) is 63.7 Å². The average Bonchev–Trinajstić information content (AvgIpc) is 3.38. The van der Waals surface area contributed by atoms with Crippen molar-refractivity contribution in [1.82, 2.24) is 5.32 Å². The molecule has 3 aromatic heterocycles. The molecular weight excluding hydrogens is 354 g/mol. The van der Waals surface area contributed by atoms with E-state index in [1.165, 1.54) is 11.3 Å². The fourth-order valence-corrected chi connectivity index (χ4v) is 4.19. The maximum atomic E-state index is 12.3. The van der Waals surface area contributed by atoms with Gasteiger partial charge >= 0.3 is 0 Å². The predicted octanol–water partition coefficient (Wildman–Crippen LogP) is 4.69. The zero-order valence-corrected chi connectivity index (χ0v) is 14.8. The van der Waals surface area contributed by atoms with Crippen molar-refractivity contribution in [3.05, 3.63) is 69.9 Å². The number of hydrogen-bond donors (Lipinski definition) is 2. The molecule has 0 saturated heterocycles. The van der Waals surface area contributed by atoms with Crippen LogP contribution in [0.5, 0.6) is 0 Å². The molecule has 6 heteroatoms. The lowest BCUT2D eigenvalue weighted by atomic mass is 10.2. The summed E-state index contributed by atoms with van der Waals surface area (Å²) in [5.41, 5.74) is 0.984. The number of fused-ring (bicyclic) bond motifs is 1. The molecule has 4 aromatic rings. The molecule has 0 bridgehead atoms. The van der Waals surface area contributed by atoms with E-state index in [1.807, 2.05) is 53.2 Å². The van der Waals surface area contributed by atoms with Gasteiger partial charge in [0.25, 0.3) is 5.91 Å². The molecule has 2 N–H and O–H groups in total. The molecule has 3 heterocycles. The van der Waals surface area contributed by atoms with Gasteiger partial charge in [-0.15, -0.1) is 11.3 Å². The molecule has 4 nitrogen and oxygen atoms in total. The number of carbonyl (C=O) groups excluding carboxylic acids is 1. The van der Waals surface area contributed by atoms with Crippen LogP contribution in [0.4, 0.5) is 0 Å². The van der Waals surface area contributed by atoms with Crippen molar-refractivity contribution < 1.29 is 14.3 Å². The Bertz CT molecular complexity index is 968. The monoisotopic (exact) mass is 369 g/mol. The summed E-state index contributed by atoms with van der Waals surface area (Å²) in [6.45, 7) is 0.101. The first kappa shape index (κ1) is 16.1. The first-order valence-electron chi connectivity index (χ1n) is 7.78. The Kier molecular flexibility index (Phi) is 4.40. The molecule has 0 saturated carbocycles. The molecule has 1 atom stereocenters. The SMILES string of the molecule is O=C(NC[C@H](O)c1ccc(-c2ccsc2)o1)c1cc2ccccc2s1. The summed E-state index contributed by atoms with van der Waals surface area (Å²) in [5.74, 6) is 0.967. The highest BCUT2D eigenvalue weighted by Gasteiger charge is 2.16. The standard InChI is InChI=1S/C19H15NO3S2/c21-14(16-6-5-15(23-16)13-7-8-24-11-13)10-20-19(22)18-9-12-3-1-2-4-17(12)25-18/h1-9,11,14,21H,10H2,(H,20,22)/t14-/m0/s1. The number of aliphatic hydroxyl groups is 1. The Hall–Kier alpha value is -2.41. The van der Waals surface area contributed by atoms with Gasteiger partial charge in [-0.05, 0) is 41.1 Å². The van der Waals surface area contributed by atoms with Crippen LogP contribution in [-0.2, 0) is 0 Å². The third kappa shape index (κ3) is 3.37. The minimum atomic E-state index is -0.884. The van der Waals surface area contributed by atoms with Gasteiger partial charge < -0.3 is 14.8 Å². The number of amides is 1. The zero-order valence-electron chi connectivity index (χ0n) is 13.1. The van der Waals surface area contributed by atoms with Gasteiger partial charge in [0.15, 0.2) is 0 Å². The van der Waals surface area contributed by atoms with E-state index in [1.54, 1.807) is 17.4 Å². The lowest BCUT2D eigenvalue weighted by Gasteiger charge is -2.08. The minimum Gasteiger partial charge on any atom is -0.458 e. The number of carbonyl (C=O) groups is 1. The average molecular weight is 369 g/mol. The summed E-state index contributed by atoms with van der Waals surface area (Å²) in [4.78, 5) is 12.9. The zero-order chi connectivity index (χ0) is 17.2. The highest BCUT2D eigenvalue weighted by atomic mass is 32.1. The normalized spacial score (nSPS) is 12.4. The van der Waals surface area contributed by atoms with E-state index in [4.69, 9.17) is 4.42 Å². The number of hydrogen-bond acceptors (Lipinski definition) is 5. The van der Waals surface area contributed by atoms with Gasteiger partial charge in [-0.2, -0.15) is 11.3 Å². The van der Waals surface area contributed by atoms with E-state index < -0.39 is 6.10 Å². The van der Waals surface area contributed by atoms with Gasteiger partial charge in [0.05, 0.1) is 11.4 Å². The second-order valence-corrected chi connectivity index (χ2v) is 7.45. The highest BCUT2D eigenvalue weighted by molar-refractivity contribution is 7.20. The Morgan fingerprint density at radius 2 is 2.08 bits per heavy atom. The van der Waals surface area contributed by atoms with Crippen molar-refractivity contribution in [3.63, 3.8) is 0 Å². The summed E-state index contributed by atoms with van der Waals surface area (Å²) in [6.07, 6.45) is -0.884. The van der Waals surface area contributed by atoms with Crippen LogP contribution >= 0.6 is 22.7 Å². The van der Waals surface area contributed by atoms with Crippen molar-refractivity contribution in [1.29, 1.82) is 0 Å². The fourth-order valence-electron chi connectivity index (χ4n) is 2.56. The van der Waals surface area contributed by atoms with Crippen LogP contribution in [-0.4, -0.2) is 17.6 Å². The maximum Gasteiger partial charge on any atom is 0.261 e. The summed E-state index contributed by atoms with van der Waals surface area (Å²) < 4.78 is 6.75. The fraction of sp³-hybridized carbons (Fsp3) is 0.105. The molecule has 0 aliphatic carbocycles. The molecule has 25 heavy (non-hydrogen) atoms. The van der Waals surface area contributed by atoms with Gasteiger partial charge in [-0.1, -0.05) is 18.2 Å². The van der Waals surface area contributed by atoms with E-state index >= 15 is 0 Å². The Morgan fingerprint density at radius 1 is 1.20 bits per heavy atom. The molecule has 0 spiro atoms. The number of aliphatic hydroxyl groups excluding tert-OH is 1. The molecule has 0 aliphatic heterocycles. The minimum absolute atomic E-state index is 0.101. The molecule has 1 amide bonds. The van der Waals surface area contributed by atoms with Crippen molar-refractivity contribution >= 4 is 38.7 Å². The number of benzene rings is 1. The Labute approximate surface area is 152 Å². The smallest absolute Gasteiger partial charge is 0.261 e. The van der Waals surface area contributed by atoms with E-state index in [0.29, 0.717) is 16.4 Å². The second-order valence-electron chi connectivity index (χ2n) is 5.59. The second kappa shape index (κ2) is 6.84. The summed E-state index contributed by atoms with van der Waals surface area (Å²) in [7, 11) is 0. The topological polar surface area (TPSA) is 62.5 Å². The molecule has 0 unspecified atom stereocenters. The third-order valence-corrected chi connectivity index (χ3v) is 5.66. The quantitative estimate of drug-likeness (QED) is 0.537. The van der Waals surface area contributed by atoms with E-state index in [2.05, 4.69) is 5.32 Å². The van der Waals surface area contributed by atoms with Gasteiger partial charge in [0.2, 0.25) is 0 Å². The molecule has 0 radical (unpaired) electrons. The molecule has 0 aliphatic rings. The summed E-state index contributed by atoms with van der Waals surface area (Å²) >= 11 is 3.03. The van der Waals surface area contributed by atoms with Gasteiger partial charge in [0, 0.05) is 15.6 Å². The van der Waals surface area contributed by atoms with Crippen molar-refractivity contribution in [3.8, 4) is 11.3 Å². The molecule has 0 fully saturated rings. The number of nitrogens with one attached hydrogen (secondary N) is 1. The first-order chi connectivity index (χ1) is 12.2. The lowest BCUT2D eigenvalue weighted by Crippen LogP contribution is -2.27. The van der Waals surface area contributed by atoms with Gasteiger partial charge in [0.1, 0.15) is 17.6 Å². The van der Waals surface area contributed by atoms with Crippen molar-refractivity contribution in [2.45, 2.75) is 6.10 Å². The van der Waals surface area contributed by atoms with Crippen LogP contribution < -0.4 is 5.32 Å². The Morgan fingerprint density at radius 3 is 2.88 bits per heavy atom.